The van der Waals surface area contributed by atoms with Crippen LogP contribution in [0.2, 0.25) is 0 Å². The predicted molar refractivity (Wildman–Crippen MR) is 149 cm³/mol. The zero-order valence-corrected chi connectivity index (χ0v) is 23.2. The molecular weight excluding hydrogens is 604 g/mol. The van der Waals surface area contributed by atoms with E-state index in [1.54, 1.807) is 4.57 Å². The van der Waals surface area contributed by atoms with Crippen LogP contribution in [0.5, 0.6) is 5.88 Å². The van der Waals surface area contributed by atoms with Crippen LogP contribution in [-0.2, 0) is 24.3 Å². The predicted octanol–water partition coefficient (Wildman–Crippen LogP) is 7.25. The molecule has 3 aromatic carbocycles. The van der Waals surface area contributed by atoms with Gasteiger partial charge >= 0.3 is 5.97 Å². The summed E-state index contributed by atoms with van der Waals surface area (Å²) in [7, 11) is 0. The number of benzene rings is 3. The molecule has 1 fully saturated rings. The molecule has 0 bridgehead atoms. The Bertz CT molecular complexity index is 1930. The topological polar surface area (TPSA) is 86.5 Å². The first-order chi connectivity index (χ1) is 21.6. The van der Waals surface area contributed by atoms with Crippen LogP contribution >= 0.6 is 0 Å². The van der Waals surface area contributed by atoms with Gasteiger partial charge in [-0.2, -0.15) is 0 Å². The van der Waals surface area contributed by atoms with E-state index in [-0.39, 0.29) is 35.1 Å². The number of carboxylic acids is 1. The molecule has 2 aromatic heterocycles. The molecule has 1 aliphatic heterocycles. The number of nitrogens with zero attached hydrogens (tertiary/aromatic N) is 3. The van der Waals surface area contributed by atoms with E-state index in [0.717, 1.165) is 42.8 Å². The Hall–Kier alpha value is -4.91. The molecule has 1 aliphatic rings. The lowest BCUT2D eigenvalue weighted by Crippen LogP contribution is -2.31. The molecule has 6 rings (SSSR count). The van der Waals surface area contributed by atoms with E-state index in [1.807, 2.05) is 0 Å². The summed E-state index contributed by atoms with van der Waals surface area (Å²) in [5, 5.41) is 9.44. The lowest BCUT2D eigenvalue weighted by atomic mass is 10.0. The Labute approximate surface area is 251 Å². The summed E-state index contributed by atoms with van der Waals surface area (Å²) in [6, 6.07) is 11.0. The maximum absolute atomic E-state index is 15.5. The summed E-state index contributed by atoms with van der Waals surface area (Å²) >= 11 is 0. The average Bonchev–Trinajstić information content (AvgIpc) is 3.32. The molecule has 1 saturated heterocycles. The third-order valence-electron chi connectivity index (χ3n) is 7.52. The number of pyridine rings is 1. The molecule has 3 heterocycles. The van der Waals surface area contributed by atoms with Crippen LogP contribution in [0.3, 0.4) is 0 Å². The molecule has 0 radical (unpaired) electrons. The maximum atomic E-state index is 15.5. The van der Waals surface area contributed by atoms with E-state index in [4.69, 9.17) is 9.47 Å². The number of ether oxygens (including phenoxy) is 2. The SMILES string of the molecule is O=C(O)c1ccc2nc(Cc3cc(F)c(-c4nc(OCc5ccc(C(F)F)cc5F)ccc4F)cc3F)n(C[C@@H]3CCO3)c2c1. The van der Waals surface area contributed by atoms with Crippen molar-refractivity contribution in [2.45, 2.75) is 38.5 Å². The highest BCUT2D eigenvalue weighted by atomic mass is 19.3. The molecular formula is C32H23F6N3O4. The normalized spacial score (nSPS) is 14.6. The van der Waals surface area contributed by atoms with Gasteiger partial charge in [0.05, 0.1) is 29.2 Å². The molecule has 7 nitrogen and oxygen atoms in total. The summed E-state index contributed by atoms with van der Waals surface area (Å²) in [5.41, 5.74) is -0.684. The lowest BCUT2D eigenvalue weighted by molar-refractivity contribution is -0.0589. The van der Waals surface area contributed by atoms with Crippen LogP contribution < -0.4 is 4.74 Å². The first-order valence-electron chi connectivity index (χ1n) is 13.8. The monoisotopic (exact) mass is 627 g/mol. The van der Waals surface area contributed by atoms with Crippen molar-refractivity contribution in [3.63, 3.8) is 0 Å². The molecule has 45 heavy (non-hydrogen) atoms. The van der Waals surface area contributed by atoms with Crippen molar-refractivity contribution in [2.75, 3.05) is 6.61 Å². The quantitative estimate of drug-likeness (QED) is 0.164. The Kier molecular flexibility index (Phi) is 8.19. The number of hydrogen-bond acceptors (Lipinski definition) is 5. The molecule has 232 valence electrons. The van der Waals surface area contributed by atoms with E-state index < -0.39 is 59.1 Å². The minimum atomic E-state index is -2.85. The number of alkyl halides is 2. The van der Waals surface area contributed by atoms with Crippen molar-refractivity contribution in [1.29, 1.82) is 0 Å². The Morgan fingerprint density at radius 3 is 2.40 bits per heavy atom. The largest absolute Gasteiger partial charge is 0.478 e. The highest BCUT2D eigenvalue weighted by Crippen LogP contribution is 2.31. The van der Waals surface area contributed by atoms with Crippen LogP contribution in [0, 0.1) is 23.3 Å². The van der Waals surface area contributed by atoms with E-state index in [1.165, 1.54) is 18.2 Å². The van der Waals surface area contributed by atoms with Crippen molar-refractivity contribution in [1.82, 2.24) is 14.5 Å². The van der Waals surface area contributed by atoms with Gasteiger partial charge in [-0.15, -0.1) is 0 Å². The number of hydrogen-bond donors (Lipinski definition) is 1. The van der Waals surface area contributed by atoms with Gasteiger partial charge in [0, 0.05) is 35.8 Å². The summed E-state index contributed by atoms with van der Waals surface area (Å²) in [6.07, 6.45) is -2.39. The zero-order valence-electron chi connectivity index (χ0n) is 23.2. The Morgan fingerprint density at radius 1 is 0.933 bits per heavy atom. The fourth-order valence-corrected chi connectivity index (χ4v) is 5.01. The first kappa shape index (κ1) is 30.1. The number of fused-ring (bicyclic) bond motifs is 1. The van der Waals surface area contributed by atoms with Gasteiger partial charge < -0.3 is 19.1 Å². The maximum Gasteiger partial charge on any atom is 0.335 e. The number of halogens is 6. The molecule has 0 unspecified atom stereocenters. The van der Waals surface area contributed by atoms with E-state index in [0.29, 0.717) is 36.1 Å². The summed E-state index contributed by atoms with van der Waals surface area (Å²) in [6.45, 7) is 0.472. The third kappa shape index (κ3) is 6.21. The lowest BCUT2D eigenvalue weighted by Gasteiger charge is -2.27. The van der Waals surface area contributed by atoms with Crippen molar-refractivity contribution in [3.8, 4) is 17.1 Å². The first-order valence-corrected chi connectivity index (χ1v) is 13.8. The fraction of sp³-hybridized carbons (Fsp3) is 0.219. The van der Waals surface area contributed by atoms with E-state index >= 15 is 8.78 Å². The Balaban J connectivity index is 1.27. The smallest absolute Gasteiger partial charge is 0.335 e. The molecule has 1 atom stereocenters. The number of rotatable bonds is 10. The van der Waals surface area contributed by atoms with Crippen LogP contribution in [0.4, 0.5) is 26.3 Å². The van der Waals surface area contributed by atoms with Gasteiger partial charge in [0.1, 0.15) is 41.4 Å². The summed E-state index contributed by atoms with van der Waals surface area (Å²) < 4.78 is 98.1. The number of carbonyl (C=O) groups is 1. The highest BCUT2D eigenvalue weighted by Gasteiger charge is 2.24. The number of carboxylic acid groups (broad SMARTS) is 1. The van der Waals surface area contributed by atoms with Gasteiger partial charge in [0.25, 0.3) is 6.43 Å². The van der Waals surface area contributed by atoms with Gasteiger partial charge in [0.15, 0.2) is 0 Å². The van der Waals surface area contributed by atoms with Crippen molar-refractivity contribution >= 4 is 17.0 Å². The van der Waals surface area contributed by atoms with Gasteiger partial charge in [0.2, 0.25) is 5.88 Å². The third-order valence-corrected chi connectivity index (χ3v) is 7.52. The minimum absolute atomic E-state index is 0.0434. The van der Waals surface area contributed by atoms with Crippen molar-refractivity contribution in [2.24, 2.45) is 0 Å². The van der Waals surface area contributed by atoms with Gasteiger partial charge in [-0.1, -0.05) is 12.1 Å². The Morgan fingerprint density at radius 2 is 1.71 bits per heavy atom. The molecule has 0 saturated carbocycles. The van der Waals surface area contributed by atoms with Crippen molar-refractivity contribution in [3.05, 3.63) is 112 Å². The van der Waals surface area contributed by atoms with E-state index in [2.05, 4.69) is 9.97 Å². The zero-order chi connectivity index (χ0) is 31.8. The van der Waals surface area contributed by atoms with E-state index in [9.17, 15) is 27.5 Å². The second kappa shape index (κ2) is 12.2. The fourth-order valence-electron chi connectivity index (χ4n) is 5.01. The van der Waals surface area contributed by atoms with Gasteiger partial charge in [-0.05, 0) is 54.4 Å². The van der Waals surface area contributed by atoms with Crippen molar-refractivity contribution < 1.29 is 45.7 Å². The standard InChI is InChI=1S/C32H23F6N3O4/c33-22-4-6-29(45-15-18-2-1-16(31(37)38)9-23(18)34)40-30(22)21-13-24(35)19(10-25(21)36)12-28-39-26-5-3-17(32(42)43)11-27(26)41(28)14-20-7-8-44-20/h1-6,9-11,13,20,31H,7-8,12,14-15H2,(H,42,43)/t20-/m0/s1. The van der Waals surface area contributed by atoms with Gasteiger partial charge in [-0.25, -0.2) is 41.1 Å². The van der Waals surface area contributed by atoms with Crippen LogP contribution in [-0.4, -0.2) is 38.3 Å². The minimum Gasteiger partial charge on any atom is -0.478 e. The van der Waals surface area contributed by atoms with Crippen LogP contribution in [0.15, 0.2) is 60.7 Å². The molecule has 13 heteroatoms. The second-order valence-electron chi connectivity index (χ2n) is 10.4. The molecule has 1 N–H and O–H groups in total. The van der Waals surface area contributed by atoms with Gasteiger partial charge in [-0.3, -0.25) is 0 Å². The summed E-state index contributed by atoms with van der Waals surface area (Å²) in [4.78, 5) is 20.0. The number of imidazole rings is 1. The number of aromatic nitrogens is 3. The second-order valence-corrected chi connectivity index (χ2v) is 10.4. The molecule has 0 spiro atoms. The average molecular weight is 628 g/mol. The van der Waals surface area contributed by atoms with Crippen LogP contribution in [0.1, 0.15) is 45.7 Å². The molecule has 5 aromatic rings. The molecule has 0 amide bonds. The number of aromatic carboxylic acids is 1. The highest BCUT2D eigenvalue weighted by molar-refractivity contribution is 5.92. The molecule has 0 aliphatic carbocycles. The summed E-state index contributed by atoms with van der Waals surface area (Å²) in [5.74, 6) is -4.78. The van der Waals surface area contributed by atoms with Crippen LogP contribution in [0.25, 0.3) is 22.3 Å².